The summed E-state index contributed by atoms with van der Waals surface area (Å²) in [7, 11) is 1.98. The van der Waals surface area contributed by atoms with Crippen LogP contribution in [0.5, 0.6) is 0 Å². The number of nitrogens with zero attached hydrogens (tertiary/aromatic N) is 3. The van der Waals surface area contributed by atoms with Crippen LogP contribution in [-0.2, 0) is 13.5 Å². The van der Waals surface area contributed by atoms with E-state index < -0.39 is 0 Å². The molecule has 0 saturated heterocycles. The lowest BCUT2D eigenvalue weighted by Crippen LogP contribution is -2.22. The maximum Gasteiger partial charge on any atom is 0.141 e. The Bertz CT molecular complexity index is 524. The molecule has 0 fully saturated rings. The largest absolute Gasteiger partial charge is 0.338 e. The zero-order valence-electron chi connectivity index (χ0n) is 11.3. The van der Waals surface area contributed by atoms with Gasteiger partial charge in [-0.05, 0) is 24.6 Å². The van der Waals surface area contributed by atoms with Gasteiger partial charge >= 0.3 is 0 Å². The number of aromatic nitrogens is 3. The molecule has 0 radical (unpaired) electrons. The monoisotopic (exact) mass is 262 g/mol. The van der Waals surface area contributed by atoms with Gasteiger partial charge in [-0.15, -0.1) is 0 Å². The Morgan fingerprint density at radius 3 is 2.89 bits per heavy atom. The number of pyridine rings is 1. The van der Waals surface area contributed by atoms with Gasteiger partial charge in [0, 0.05) is 38.1 Å². The molecule has 0 aliphatic rings. The van der Waals surface area contributed by atoms with Crippen LogP contribution < -0.4 is 5.32 Å². The van der Waals surface area contributed by atoms with Gasteiger partial charge in [-0.1, -0.05) is 6.92 Å². The van der Waals surface area contributed by atoms with Crippen LogP contribution in [0.25, 0.3) is 0 Å². The standard InChI is InChI=1S/C14H19FN4/c1-3-17-13(11-8-12(15)10-16-9-11)4-5-14-18-6-7-19(14)2/h6-10,13,17H,3-5H2,1-2H3. The fourth-order valence-electron chi connectivity index (χ4n) is 2.16. The average Bonchev–Trinajstić information content (AvgIpc) is 2.80. The molecule has 0 spiro atoms. The first-order valence-electron chi connectivity index (χ1n) is 6.50. The molecule has 0 aliphatic carbocycles. The first kappa shape index (κ1) is 13.7. The molecular formula is C14H19FN4. The van der Waals surface area contributed by atoms with Crippen LogP contribution >= 0.6 is 0 Å². The predicted octanol–water partition coefficient (Wildman–Crippen LogP) is 2.24. The number of imidazole rings is 1. The molecule has 1 atom stereocenters. The van der Waals surface area contributed by atoms with Gasteiger partial charge in [0.2, 0.25) is 0 Å². The van der Waals surface area contributed by atoms with Crippen molar-refractivity contribution >= 4 is 0 Å². The molecule has 1 unspecified atom stereocenters. The number of aryl methyl sites for hydroxylation is 2. The van der Waals surface area contributed by atoms with Crippen molar-refractivity contribution in [2.45, 2.75) is 25.8 Å². The average molecular weight is 262 g/mol. The van der Waals surface area contributed by atoms with E-state index in [1.807, 2.05) is 24.7 Å². The minimum atomic E-state index is -0.294. The van der Waals surface area contributed by atoms with Gasteiger partial charge in [0.25, 0.3) is 0 Å². The minimum absolute atomic E-state index is 0.102. The third-order valence-corrected chi connectivity index (χ3v) is 3.16. The highest BCUT2D eigenvalue weighted by atomic mass is 19.1. The molecule has 0 aliphatic heterocycles. The van der Waals surface area contributed by atoms with E-state index in [4.69, 9.17) is 0 Å². The van der Waals surface area contributed by atoms with Crippen molar-refractivity contribution < 1.29 is 4.39 Å². The summed E-state index contributed by atoms with van der Waals surface area (Å²) in [6.07, 6.45) is 8.38. The van der Waals surface area contributed by atoms with Crippen molar-refractivity contribution in [1.82, 2.24) is 19.9 Å². The molecule has 0 aromatic carbocycles. The number of rotatable bonds is 6. The molecule has 2 rings (SSSR count). The normalized spacial score (nSPS) is 12.6. The highest BCUT2D eigenvalue weighted by molar-refractivity contribution is 5.15. The van der Waals surface area contributed by atoms with E-state index in [0.717, 1.165) is 30.8 Å². The van der Waals surface area contributed by atoms with Gasteiger partial charge in [-0.25, -0.2) is 9.37 Å². The Balaban J connectivity index is 2.06. The van der Waals surface area contributed by atoms with Gasteiger partial charge in [0.15, 0.2) is 0 Å². The van der Waals surface area contributed by atoms with E-state index in [2.05, 4.69) is 15.3 Å². The molecule has 102 valence electrons. The molecule has 4 nitrogen and oxygen atoms in total. The second kappa shape index (κ2) is 6.43. The fraction of sp³-hybridized carbons (Fsp3) is 0.429. The molecule has 5 heteroatoms. The topological polar surface area (TPSA) is 42.7 Å². The predicted molar refractivity (Wildman–Crippen MR) is 72.1 cm³/mol. The third-order valence-electron chi connectivity index (χ3n) is 3.16. The highest BCUT2D eigenvalue weighted by Crippen LogP contribution is 2.18. The zero-order chi connectivity index (χ0) is 13.7. The van der Waals surface area contributed by atoms with E-state index in [1.165, 1.54) is 6.20 Å². The van der Waals surface area contributed by atoms with E-state index in [9.17, 15) is 4.39 Å². The summed E-state index contributed by atoms with van der Waals surface area (Å²) in [6, 6.07) is 1.64. The summed E-state index contributed by atoms with van der Waals surface area (Å²) in [5.41, 5.74) is 0.885. The summed E-state index contributed by atoms with van der Waals surface area (Å²) in [6.45, 7) is 2.88. The maximum atomic E-state index is 13.2. The Hall–Kier alpha value is -1.75. The first-order chi connectivity index (χ1) is 9.20. The van der Waals surface area contributed by atoms with Gasteiger partial charge in [0.1, 0.15) is 11.6 Å². The Labute approximate surface area is 112 Å². The molecule has 0 bridgehead atoms. The van der Waals surface area contributed by atoms with Crippen LogP contribution in [0.2, 0.25) is 0 Å². The SMILES string of the molecule is CCNC(CCc1nccn1C)c1cncc(F)c1. The number of halogens is 1. The summed E-state index contributed by atoms with van der Waals surface area (Å²) >= 11 is 0. The van der Waals surface area contributed by atoms with Crippen LogP contribution in [0, 0.1) is 5.82 Å². The molecule has 0 amide bonds. The lowest BCUT2D eigenvalue weighted by atomic mass is 10.0. The van der Waals surface area contributed by atoms with E-state index in [1.54, 1.807) is 18.5 Å². The second-order valence-electron chi connectivity index (χ2n) is 4.54. The Morgan fingerprint density at radius 1 is 1.42 bits per heavy atom. The molecular weight excluding hydrogens is 243 g/mol. The molecule has 19 heavy (non-hydrogen) atoms. The van der Waals surface area contributed by atoms with Crippen LogP contribution in [-0.4, -0.2) is 21.1 Å². The molecule has 2 heterocycles. The lowest BCUT2D eigenvalue weighted by Gasteiger charge is -2.17. The quantitative estimate of drug-likeness (QED) is 0.868. The van der Waals surface area contributed by atoms with Crippen LogP contribution in [0.1, 0.15) is 30.8 Å². The molecule has 1 N–H and O–H groups in total. The van der Waals surface area contributed by atoms with E-state index >= 15 is 0 Å². The first-order valence-corrected chi connectivity index (χ1v) is 6.50. The highest BCUT2D eigenvalue weighted by Gasteiger charge is 2.12. The third kappa shape index (κ3) is 3.61. The van der Waals surface area contributed by atoms with Crippen LogP contribution in [0.15, 0.2) is 30.9 Å². The smallest absolute Gasteiger partial charge is 0.141 e. The molecule has 2 aromatic rings. The maximum absolute atomic E-state index is 13.2. The summed E-state index contributed by atoms with van der Waals surface area (Å²) in [4.78, 5) is 8.22. The van der Waals surface area contributed by atoms with Crippen molar-refractivity contribution in [3.05, 3.63) is 48.1 Å². The van der Waals surface area contributed by atoms with Crippen LogP contribution in [0.4, 0.5) is 4.39 Å². The van der Waals surface area contributed by atoms with Crippen molar-refractivity contribution in [1.29, 1.82) is 0 Å². The van der Waals surface area contributed by atoms with Gasteiger partial charge < -0.3 is 9.88 Å². The van der Waals surface area contributed by atoms with Gasteiger partial charge in [-0.3, -0.25) is 4.98 Å². The van der Waals surface area contributed by atoms with Crippen molar-refractivity contribution in [2.24, 2.45) is 7.05 Å². The second-order valence-corrected chi connectivity index (χ2v) is 4.54. The van der Waals surface area contributed by atoms with Crippen LogP contribution in [0.3, 0.4) is 0 Å². The van der Waals surface area contributed by atoms with Crippen molar-refractivity contribution in [3.63, 3.8) is 0 Å². The van der Waals surface area contributed by atoms with E-state index in [-0.39, 0.29) is 11.9 Å². The number of nitrogens with one attached hydrogen (secondary N) is 1. The van der Waals surface area contributed by atoms with Crippen molar-refractivity contribution in [3.8, 4) is 0 Å². The van der Waals surface area contributed by atoms with Crippen molar-refractivity contribution in [2.75, 3.05) is 6.54 Å². The number of hydrogen-bond acceptors (Lipinski definition) is 3. The fourth-order valence-corrected chi connectivity index (χ4v) is 2.16. The Kier molecular flexibility index (Phi) is 4.63. The summed E-state index contributed by atoms with van der Waals surface area (Å²) in [5, 5.41) is 3.36. The summed E-state index contributed by atoms with van der Waals surface area (Å²) < 4.78 is 15.2. The van der Waals surface area contributed by atoms with Gasteiger partial charge in [0.05, 0.1) is 6.20 Å². The van der Waals surface area contributed by atoms with Gasteiger partial charge in [-0.2, -0.15) is 0 Å². The molecule has 0 saturated carbocycles. The molecule has 2 aromatic heterocycles. The minimum Gasteiger partial charge on any atom is -0.338 e. The Morgan fingerprint density at radius 2 is 2.26 bits per heavy atom. The van der Waals surface area contributed by atoms with E-state index in [0.29, 0.717) is 0 Å². The summed E-state index contributed by atoms with van der Waals surface area (Å²) in [5.74, 6) is 0.740. The lowest BCUT2D eigenvalue weighted by molar-refractivity contribution is 0.499. The number of hydrogen-bond donors (Lipinski definition) is 1. The zero-order valence-corrected chi connectivity index (χ0v) is 11.3.